The van der Waals surface area contributed by atoms with E-state index in [0.717, 1.165) is 16.6 Å². The fourth-order valence-electron chi connectivity index (χ4n) is 2.99. The molecule has 0 bridgehead atoms. The van der Waals surface area contributed by atoms with E-state index in [1.54, 1.807) is 18.2 Å². The van der Waals surface area contributed by atoms with Gasteiger partial charge in [-0.1, -0.05) is 30.0 Å². The molecular formula is C19H13N3O3S. The van der Waals surface area contributed by atoms with Crippen molar-refractivity contribution in [2.24, 2.45) is 0 Å². The van der Waals surface area contributed by atoms with Gasteiger partial charge in [-0.25, -0.2) is 0 Å². The molecule has 26 heavy (non-hydrogen) atoms. The summed E-state index contributed by atoms with van der Waals surface area (Å²) in [7, 11) is 0. The summed E-state index contributed by atoms with van der Waals surface area (Å²) in [6, 6.07) is 17.2. The van der Waals surface area contributed by atoms with Crippen LogP contribution in [-0.2, 0) is 0 Å². The summed E-state index contributed by atoms with van der Waals surface area (Å²) in [6.45, 7) is 0.195. The highest BCUT2D eigenvalue weighted by molar-refractivity contribution is 7.99. The fraction of sp³-hybridized carbons (Fsp3) is 0.105. The van der Waals surface area contributed by atoms with Crippen molar-refractivity contribution in [3.63, 3.8) is 0 Å². The third-order valence-corrected chi connectivity index (χ3v) is 5.20. The van der Waals surface area contributed by atoms with Gasteiger partial charge < -0.3 is 9.47 Å². The predicted octanol–water partition coefficient (Wildman–Crippen LogP) is 3.59. The lowest BCUT2D eigenvalue weighted by molar-refractivity contribution is 0.102. The molecule has 4 aromatic rings. The second kappa shape index (κ2) is 6.03. The molecular weight excluding hydrogens is 350 g/mol. The summed E-state index contributed by atoms with van der Waals surface area (Å²) >= 11 is 1.38. The second-order valence-electron chi connectivity index (χ2n) is 5.85. The van der Waals surface area contributed by atoms with Gasteiger partial charge in [0, 0.05) is 5.56 Å². The molecule has 0 atom stereocenters. The molecule has 1 aliphatic rings. The summed E-state index contributed by atoms with van der Waals surface area (Å²) in [5.41, 5.74) is 2.38. The van der Waals surface area contributed by atoms with E-state index >= 15 is 0 Å². The lowest BCUT2D eigenvalue weighted by Crippen LogP contribution is -2.03. The van der Waals surface area contributed by atoms with E-state index in [1.165, 1.54) is 11.8 Å². The number of aromatic nitrogens is 3. The highest BCUT2D eigenvalue weighted by Gasteiger charge is 2.17. The summed E-state index contributed by atoms with van der Waals surface area (Å²) in [4.78, 5) is 12.6. The summed E-state index contributed by atoms with van der Waals surface area (Å²) < 4.78 is 12.6. The first-order valence-electron chi connectivity index (χ1n) is 8.08. The standard InChI is InChI=1S/C19H13N3O3S/c23-15(13-5-7-16-17(9-13)25-11-24-16)10-26-19-21-20-18-8-6-12-3-1-2-4-14(12)22(18)19/h1-9H,10-11H2. The van der Waals surface area contributed by atoms with Crippen LogP contribution in [0, 0.1) is 0 Å². The lowest BCUT2D eigenvalue weighted by atomic mass is 10.1. The van der Waals surface area contributed by atoms with Crippen molar-refractivity contribution in [3.05, 3.63) is 60.2 Å². The third kappa shape index (κ3) is 2.48. The first kappa shape index (κ1) is 15.2. The Labute approximate surface area is 152 Å². The number of thioether (sulfide) groups is 1. The van der Waals surface area contributed by atoms with Crippen LogP contribution in [0.15, 0.2) is 59.8 Å². The monoisotopic (exact) mass is 363 g/mol. The average Bonchev–Trinajstić information content (AvgIpc) is 3.32. The van der Waals surface area contributed by atoms with E-state index in [0.29, 0.717) is 22.2 Å². The number of rotatable bonds is 4. The van der Waals surface area contributed by atoms with Crippen molar-refractivity contribution in [2.75, 3.05) is 12.5 Å². The second-order valence-corrected chi connectivity index (χ2v) is 6.79. The molecule has 1 aliphatic heterocycles. The minimum absolute atomic E-state index is 0.00490. The molecule has 128 valence electrons. The molecule has 0 saturated carbocycles. The number of ether oxygens (including phenoxy) is 2. The smallest absolute Gasteiger partial charge is 0.231 e. The number of ketones is 1. The molecule has 0 unspecified atom stereocenters. The number of fused-ring (bicyclic) bond motifs is 4. The van der Waals surface area contributed by atoms with Gasteiger partial charge >= 0.3 is 0 Å². The van der Waals surface area contributed by atoms with Crippen LogP contribution in [0.5, 0.6) is 11.5 Å². The Bertz CT molecular complexity index is 1160. The van der Waals surface area contributed by atoms with E-state index in [-0.39, 0.29) is 18.3 Å². The number of hydrogen-bond acceptors (Lipinski definition) is 6. The van der Waals surface area contributed by atoms with Crippen molar-refractivity contribution >= 4 is 34.1 Å². The van der Waals surface area contributed by atoms with Gasteiger partial charge in [0.1, 0.15) is 0 Å². The van der Waals surface area contributed by atoms with Gasteiger partial charge in [0.2, 0.25) is 6.79 Å². The molecule has 0 fully saturated rings. The zero-order valence-electron chi connectivity index (χ0n) is 13.6. The summed E-state index contributed by atoms with van der Waals surface area (Å²) in [5, 5.41) is 10.3. The minimum Gasteiger partial charge on any atom is -0.454 e. The molecule has 0 radical (unpaired) electrons. The minimum atomic E-state index is 0.00490. The van der Waals surface area contributed by atoms with E-state index in [9.17, 15) is 4.79 Å². The van der Waals surface area contributed by atoms with Crippen molar-refractivity contribution in [1.82, 2.24) is 14.6 Å². The molecule has 0 saturated heterocycles. The zero-order chi connectivity index (χ0) is 17.5. The number of carbonyl (C=O) groups excluding carboxylic acids is 1. The largest absolute Gasteiger partial charge is 0.454 e. The Kier molecular flexibility index (Phi) is 3.53. The van der Waals surface area contributed by atoms with Crippen molar-refractivity contribution < 1.29 is 14.3 Å². The molecule has 0 amide bonds. The van der Waals surface area contributed by atoms with Gasteiger partial charge in [0.25, 0.3) is 0 Å². The van der Waals surface area contributed by atoms with E-state index < -0.39 is 0 Å². The Morgan fingerprint density at radius 2 is 1.92 bits per heavy atom. The van der Waals surface area contributed by atoms with Crippen LogP contribution in [0.25, 0.3) is 16.6 Å². The van der Waals surface area contributed by atoms with E-state index in [4.69, 9.17) is 9.47 Å². The van der Waals surface area contributed by atoms with Gasteiger partial charge in [-0.3, -0.25) is 9.20 Å². The van der Waals surface area contributed by atoms with Gasteiger partial charge in [0.15, 0.2) is 28.1 Å². The number of para-hydroxylation sites is 1. The average molecular weight is 363 g/mol. The van der Waals surface area contributed by atoms with Crippen LogP contribution >= 0.6 is 11.8 Å². The maximum absolute atomic E-state index is 12.6. The molecule has 0 aliphatic carbocycles. The van der Waals surface area contributed by atoms with Gasteiger partial charge in [-0.05, 0) is 41.8 Å². The highest BCUT2D eigenvalue weighted by atomic mass is 32.2. The Hall–Kier alpha value is -3.06. The quantitative estimate of drug-likeness (QED) is 0.408. The number of carbonyl (C=O) groups is 1. The lowest BCUT2D eigenvalue weighted by Gasteiger charge is -2.05. The molecule has 3 heterocycles. The molecule has 0 N–H and O–H groups in total. The van der Waals surface area contributed by atoms with Crippen molar-refractivity contribution in [1.29, 1.82) is 0 Å². The fourth-order valence-corrected chi connectivity index (χ4v) is 3.84. The summed E-state index contributed by atoms with van der Waals surface area (Å²) in [5.74, 6) is 1.55. The normalized spacial score (nSPS) is 12.8. The van der Waals surface area contributed by atoms with Crippen LogP contribution in [-0.4, -0.2) is 32.9 Å². The molecule has 6 nitrogen and oxygen atoms in total. The Balaban J connectivity index is 1.43. The van der Waals surface area contributed by atoms with Gasteiger partial charge in [-0.15, -0.1) is 10.2 Å². The summed E-state index contributed by atoms with van der Waals surface area (Å²) in [6.07, 6.45) is 0. The van der Waals surface area contributed by atoms with Crippen molar-refractivity contribution in [3.8, 4) is 11.5 Å². The number of benzene rings is 2. The number of Topliss-reactive ketones (excluding diaryl/α,β-unsaturated/α-hetero) is 1. The number of pyridine rings is 1. The van der Waals surface area contributed by atoms with Crippen LogP contribution in [0.3, 0.4) is 0 Å². The predicted molar refractivity (Wildman–Crippen MR) is 98.1 cm³/mol. The van der Waals surface area contributed by atoms with Crippen LogP contribution in [0.1, 0.15) is 10.4 Å². The molecule has 2 aromatic carbocycles. The first-order valence-corrected chi connectivity index (χ1v) is 9.07. The molecule has 2 aromatic heterocycles. The SMILES string of the molecule is O=C(CSc1nnc2ccc3ccccc3n12)c1ccc2c(c1)OCO2. The number of hydrogen-bond donors (Lipinski definition) is 0. The van der Waals surface area contributed by atoms with Crippen molar-refractivity contribution in [2.45, 2.75) is 5.16 Å². The van der Waals surface area contributed by atoms with E-state index in [1.807, 2.05) is 40.8 Å². The van der Waals surface area contributed by atoms with Gasteiger partial charge in [-0.2, -0.15) is 0 Å². The maximum Gasteiger partial charge on any atom is 0.231 e. The number of nitrogens with zero attached hydrogens (tertiary/aromatic N) is 3. The Morgan fingerprint density at radius 1 is 1.04 bits per heavy atom. The third-order valence-electron chi connectivity index (χ3n) is 4.27. The maximum atomic E-state index is 12.6. The zero-order valence-corrected chi connectivity index (χ0v) is 14.4. The molecule has 5 rings (SSSR count). The Morgan fingerprint density at radius 3 is 2.88 bits per heavy atom. The first-order chi connectivity index (χ1) is 12.8. The molecule has 0 spiro atoms. The van der Waals surface area contributed by atoms with Crippen LogP contribution in [0.4, 0.5) is 0 Å². The van der Waals surface area contributed by atoms with Gasteiger partial charge in [0.05, 0.1) is 11.3 Å². The highest BCUT2D eigenvalue weighted by Crippen LogP contribution is 2.33. The van der Waals surface area contributed by atoms with Crippen LogP contribution in [0.2, 0.25) is 0 Å². The van der Waals surface area contributed by atoms with E-state index in [2.05, 4.69) is 10.2 Å². The topological polar surface area (TPSA) is 65.7 Å². The molecule has 7 heteroatoms. The van der Waals surface area contributed by atoms with Crippen LogP contribution < -0.4 is 9.47 Å².